The number of carboxylic acid groups (broad SMARTS) is 1. The van der Waals surface area contributed by atoms with Crippen LogP contribution in [0.25, 0.3) is 0 Å². The molecule has 0 aromatic heterocycles. The van der Waals surface area contributed by atoms with Crippen molar-refractivity contribution in [2.75, 3.05) is 6.61 Å². The van der Waals surface area contributed by atoms with Crippen LogP contribution in [0.5, 0.6) is 0 Å². The van der Waals surface area contributed by atoms with Crippen molar-refractivity contribution in [2.45, 2.75) is 18.6 Å². The Labute approximate surface area is 107 Å². The summed E-state index contributed by atoms with van der Waals surface area (Å²) in [6.45, 7) is -0.252. The first-order chi connectivity index (χ1) is 8.97. The highest BCUT2D eigenvalue weighted by molar-refractivity contribution is 5.81. The van der Waals surface area contributed by atoms with E-state index in [0.717, 1.165) is 18.2 Å². The van der Waals surface area contributed by atoms with Crippen LogP contribution in [0.1, 0.15) is 18.1 Å². The van der Waals surface area contributed by atoms with Crippen molar-refractivity contribution in [2.24, 2.45) is 0 Å². The summed E-state index contributed by atoms with van der Waals surface area (Å²) in [5.41, 5.74) is -0.105. The zero-order valence-corrected chi connectivity index (χ0v) is 9.73. The third kappa shape index (κ3) is 3.05. The van der Waals surface area contributed by atoms with Gasteiger partial charge in [0.25, 0.3) is 0 Å². The molecule has 2 atom stereocenters. The summed E-state index contributed by atoms with van der Waals surface area (Å²) in [6, 6.07) is 1.89. The van der Waals surface area contributed by atoms with Gasteiger partial charge in [0, 0.05) is 12.0 Å². The Balaban J connectivity index is 2.31. The highest BCUT2D eigenvalue weighted by atomic mass is 19.1. The van der Waals surface area contributed by atoms with Crippen LogP contribution in [0.2, 0.25) is 0 Å². The molecule has 1 aliphatic heterocycles. The highest BCUT2D eigenvalue weighted by Crippen LogP contribution is 2.29. The molecule has 2 rings (SSSR count). The van der Waals surface area contributed by atoms with Crippen LogP contribution in [-0.2, 0) is 9.53 Å². The molecule has 1 heterocycles. The number of halogens is 2. The van der Waals surface area contributed by atoms with Gasteiger partial charge in [0.05, 0.1) is 6.04 Å². The molecule has 1 saturated heterocycles. The van der Waals surface area contributed by atoms with Crippen LogP contribution < -0.4 is 5.32 Å². The highest BCUT2D eigenvalue weighted by Gasteiger charge is 2.34. The van der Waals surface area contributed by atoms with Gasteiger partial charge < -0.3 is 15.2 Å². The summed E-state index contributed by atoms with van der Waals surface area (Å²) in [6.07, 6.45) is -2.50. The van der Waals surface area contributed by atoms with E-state index in [9.17, 15) is 18.4 Å². The number of carbonyl (C=O) groups excluding carboxylic acids is 1. The number of nitrogens with one attached hydrogen (secondary N) is 1. The standard InChI is InChI=1S/C12H11F2NO4/c13-6-1-2-9(14)8(3-6)11-10(15-12(17)18)4-7(16)5-19-11/h1-3,10-11,15H,4-5H2,(H,17,18). The molecule has 19 heavy (non-hydrogen) atoms. The van der Waals surface area contributed by atoms with Gasteiger partial charge in [-0.15, -0.1) is 0 Å². The van der Waals surface area contributed by atoms with Crippen molar-refractivity contribution in [3.8, 4) is 0 Å². The minimum absolute atomic E-state index is 0.105. The fraction of sp³-hybridized carbons (Fsp3) is 0.333. The minimum Gasteiger partial charge on any atom is -0.465 e. The Kier molecular flexibility index (Phi) is 3.75. The van der Waals surface area contributed by atoms with E-state index in [-0.39, 0.29) is 24.4 Å². The van der Waals surface area contributed by atoms with Crippen molar-refractivity contribution in [3.63, 3.8) is 0 Å². The lowest BCUT2D eigenvalue weighted by molar-refractivity contribution is -0.133. The number of Topliss-reactive ketones (excluding diaryl/α,β-unsaturated/α-hetero) is 1. The molecule has 1 aromatic carbocycles. The average molecular weight is 271 g/mol. The van der Waals surface area contributed by atoms with Crippen molar-refractivity contribution in [1.29, 1.82) is 0 Å². The second kappa shape index (κ2) is 5.31. The van der Waals surface area contributed by atoms with Crippen molar-refractivity contribution in [1.82, 2.24) is 5.32 Å². The molecule has 102 valence electrons. The Morgan fingerprint density at radius 3 is 2.84 bits per heavy atom. The quantitative estimate of drug-likeness (QED) is 0.857. The molecular formula is C12H11F2NO4. The monoisotopic (exact) mass is 271 g/mol. The third-order valence-corrected chi connectivity index (χ3v) is 2.81. The number of carbonyl (C=O) groups is 2. The molecule has 0 radical (unpaired) electrons. The van der Waals surface area contributed by atoms with E-state index in [4.69, 9.17) is 9.84 Å². The second-order valence-electron chi connectivity index (χ2n) is 4.20. The fourth-order valence-electron chi connectivity index (χ4n) is 2.03. The molecule has 2 N–H and O–H groups in total. The Morgan fingerprint density at radius 1 is 1.42 bits per heavy atom. The van der Waals surface area contributed by atoms with Crippen LogP contribution >= 0.6 is 0 Å². The van der Waals surface area contributed by atoms with Crippen LogP contribution in [0, 0.1) is 11.6 Å². The SMILES string of the molecule is O=C1COC(c2cc(F)ccc2F)C(NC(=O)O)C1. The van der Waals surface area contributed by atoms with Crippen LogP contribution in [0.4, 0.5) is 13.6 Å². The van der Waals surface area contributed by atoms with Crippen molar-refractivity contribution < 1.29 is 28.2 Å². The molecule has 7 heteroatoms. The molecule has 2 unspecified atom stereocenters. The van der Waals surface area contributed by atoms with Crippen molar-refractivity contribution >= 4 is 11.9 Å². The lowest BCUT2D eigenvalue weighted by Gasteiger charge is -2.31. The van der Waals surface area contributed by atoms with Gasteiger partial charge in [-0.1, -0.05) is 0 Å². The molecular weight excluding hydrogens is 260 g/mol. The minimum atomic E-state index is -1.36. The van der Waals surface area contributed by atoms with E-state index in [1.165, 1.54) is 0 Å². The summed E-state index contributed by atoms with van der Waals surface area (Å²) >= 11 is 0. The van der Waals surface area contributed by atoms with E-state index >= 15 is 0 Å². The molecule has 0 spiro atoms. The molecule has 1 fully saturated rings. The Bertz CT molecular complexity index is 518. The van der Waals surface area contributed by atoms with Gasteiger partial charge in [0.15, 0.2) is 5.78 Å². The summed E-state index contributed by atoms with van der Waals surface area (Å²) in [5.74, 6) is -1.67. The van der Waals surface area contributed by atoms with Crippen molar-refractivity contribution in [3.05, 3.63) is 35.4 Å². The van der Waals surface area contributed by atoms with Gasteiger partial charge in [-0.3, -0.25) is 4.79 Å². The predicted octanol–water partition coefficient (Wildman–Crippen LogP) is 1.63. The van der Waals surface area contributed by atoms with Gasteiger partial charge in [-0.05, 0) is 18.2 Å². The van der Waals surface area contributed by atoms with Crippen LogP contribution in [-0.4, -0.2) is 29.6 Å². The maximum Gasteiger partial charge on any atom is 0.404 e. The fourth-order valence-corrected chi connectivity index (χ4v) is 2.03. The van der Waals surface area contributed by atoms with E-state index in [1.54, 1.807) is 0 Å². The molecule has 1 aromatic rings. The van der Waals surface area contributed by atoms with Crippen LogP contribution in [0.15, 0.2) is 18.2 Å². The van der Waals surface area contributed by atoms with Gasteiger partial charge in [0.2, 0.25) is 0 Å². The Hall–Kier alpha value is -2.02. The maximum absolute atomic E-state index is 13.7. The normalized spacial score (nSPS) is 23.2. The smallest absolute Gasteiger partial charge is 0.404 e. The number of ketones is 1. The maximum atomic E-state index is 13.7. The topological polar surface area (TPSA) is 75.6 Å². The molecule has 1 aliphatic rings. The summed E-state index contributed by atoms with van der Waals surface area (Å²) in [5, 5.41) is 10.8. The first-order valence-corrected chi connectivity index (χ1v) is 5.55. The summed E-state index contributed by atoms with van der Waals surface area (Å²) in [7, 11) is 0. The zero-order chi connectivity index (χ0) is 14.0. The Morgan fingerprint density at radius 2 is 2.16 bits per heavy atom. The number of ether oxygens (including phenoxy) is 1. The molecule has 0 aliphatic carbocycles. The predicted molar refractivity (Wildman–Crippen MR) is 59.6 cm³/mol. The summed E-state index contributed by atoms with van der Waals surface area (Å²) < 4.78 is 31.9. The van der Waals surface area contributed by atoms with E-state index < -0.39 is 29.9 Å². The lowest BCUT2D eigenvalue weighted by atomic mass is 9.95. The summed E-state index contributed by atoms with van der Waals surface area (Å²) in [4.78, 5) is 21.9. The van der Waals surface area contributed by atoms with Crippen LogP contribution in [0.3, 0.4) is 0 Å². The third-order valence-electron chi connectivity index (χ3n) is 2.81. The first-order valence-electron chi connectivity index (χ1n) is 5.55. The van der Waals surface area contributed by atoms with E-state index in [0.29, 0.717) is 0 Å². The lowest BCUT2D eigenvalue weighted by Crippen LogP contribution is -2.45. The number of hydrogen-bond acceptors (Lipinski definition) is 3. The van der Waals surface area contributed by atoms with E-state index in [2.05, 4.69) is 5.32 Å². The van der Waals surface area contributed by atoms with E-state index in [1.807, 2.05) is 0 Å². The molecule has 5 nitrogen and oxygen atoms in total. The van der Waals surface area contributed by atoms with Gasteiger partial charge >= 0.3 is 6.09 Å². The largest absolute Gasteiger partial charge is 0.465 e. The second-order valence-corrected chi connectivity index (χ2v) is 4.20. The number of amides is 1. The number of hydrogen-bond donors (Lipinski definition) is 2. The van der Waals surface area contributed by atoms with Gasteiger partial charge in [0.1, 0.15) is 24.3 Å². The zero-order valence-electron chi connectivity index (χ0n) is 9.73. The number of rotatable bonds is 2. The molecule has 0 saturated carbocycles. The van der Waals surface area contributed by atoms with Gasteiger partial charge in [-0.2, -0.15) is 0 Å². The number of benzene rings is 1. The van der Waals surface area contributed by atoms with Gasteiger partial charge in [-0.25, -0.2) is 13.6 Å². The molecule has 0 bridgehead atoms. The first kappa shape index (κ1) is 13.4. The molecule has 1 amide bonds. The average Bonchev–Trinajstić information content (AvgIpc) is 2.32.